The zero-order chi connectivity index (χ0) is 16.6. The Labute approximate surface area is 139 Å². The Morgan fingerprint density at radius 1 is 1.43 bits per heavy atom. The van der Waals surface area contributed by atoms with Crippen LogP contribution in [0.4, 0.5) is 0 Å². The minimum absolute atomic E-state index is 0.294. The van der Waals surface area contributed by atoms with E-state index in [1.165, 1.54) is 10.9 Å². The van der Waals surface area contributed by atoms with E-state index in [1.807, 2.05) is 6.07 Å². The maximum Gasteiger partial charge on any atom is 0.262 e. The summed E-state index contributed by atoms with van der Waals surface area (Å²) < 4.78 is 1.49. The number of carbonyl (C=O) groups is 1. The molecule has 2 heterocycles. The van der Waals surface area contributed by atoms with E-state index in [2.05, 4.69) is 15.1 Å². The van der Waals surface area contributed by atoms with Crippen LogP contribution in [0.3, 0.4) is 0 Å². The van der Waals surface area contributed by atoms with Crippen molar-refractivity contribution in [3.8, 4) is 5.69 Å². The molecule has 2 aromatic heterocycles. The number of primary amides is 1. The summed E-state index contributed by atoms with van der Waals surface area (Å²) in [5.41, 5.74) is 5.87. The molecule has 0 aliphatic heterocycles. The van der Waals surface area contributed by atoms with E-state index in [4.69, 9.17) is 17.3 Å². The number of fused-ring (bicyclic) bond motifs is 1. The van der Waals surface area contributed by atoms with Gasteiger partial charge in [0.05, 0.1) is 22.2 Å². The molecule has 118 valence electrons. The van der Waals surface area contributed by atoms with Gasteiger partial charge >= 0.3 is 0 Å². The zero-order valence-electron chi connectivity index (χ0n) is 12.0. The van der Waals surface area contributed by atoms with Crippen LogP contribution in [0.5, 0.6) is 0 Å². The highest BCUT2D eigenvalue weighted by atomic mass is 35.5. The predicted molar refractivity (Wildman–Crippen MR) is 89.0 cm³/mol. The summed E-state index contributed by atoms with van der Waals surface area (Å²) in [6.07, 6.45) is 1.43. The molecule has 3 N–H and O–H groups in total. The van der Waals surface area contributed by atoms with Gasteiger partial charge < -0.3 is 10.7 Å². The van der Waals surface area contributed by atoms with Gasteiger partial charge in [0.1, 0.15) is 5.39 Å². The fraction of sp³-hybridized carbons (Fsp3) is 0.143. The smallest absolute Gasteiger partial charge is 0.262 e. The fourth-order valence-corrected chi connectivity index (χ4v) is 2.94. The van der Waals surface area contributed by atoms with Crippen molar-refractivity contribution in [2.24, 2.45) is 5.73 Å². The number of aromatic nitrogens is 4. The summed E-state index contributed by atoms with van der Waals surface area (Å²) in [7, 11) is 0. The first kappa shape index (κ1) is 15.6. The van der Waals surface area contributed by atoms with Crippen molar-refractivity contribution in [3.63, 3.8) is 0 Å². The number of hydrogen-bond donors (Lipinski definition) is 2. The van der Waals surface area contributed by atoms with Gasteiger partial charge in [-0.25, -0.2) is 9.67 Å². The first-order valence-electron chi connectivity index (χ1n) is 6.66. The van der Waals surface area contributed by atoms with Gasteiger partial charge in [0.25, 0.3) is 5.56 Å². The number of thioether (sulfide) groups is 1. The van der Waals surface area contributed by atoms with Gasteiger partial charge in [-0.1, -0.05) is 35.5 Å². The molecule has 0 saturated carbocycles. The highest BCUT2D eigenvalue weighted by Gasteiger charge is 2.16. The van der Waals surface area contributed by atoms with Crippen LogP contribution in [-0.2, 0) is 4.79 Å². The van der Waals surface area contributed by atoms with Gasteiger partial charge in [0, 0.05) is 0 Å². The summed E-state index contributed by atoms with van der Waals surface area (Å²) >= 11 is 7.26. The van der Waals surface area contributed by atoms with Crippen molar-refractivity contribution < 1.29 is 4.79 Å². The van der Waals surface area contributed by atoms with E-state index in [0.29, 0.717) is 26.9 Å². The second-order valence-corrected chi connectivity index (χ2v) is 6.52. The lowest BCUT2D eigenvalue weighted by atomic mass is 10.3. The molecule has 7 nitrogen and oxygen atoms in total. The number of halogens is 1. The van der Waals surface area contributed by atoms with Crippen LogP contribution in [0, 0.1) is 0 Å². The third-order valence-corrected chi connectivity index (χ3v) is 4.51. The molecule has 0 aliphatic carbocycles. The lowest BCUT2D eigenvalue weighted by molar-refractivity contribution is -0.117. The number of nitrogens with one attached hydrogen (secondary N) is 1. The second-order valence-electron chi connectivity index (χ2n) is 4.78. The third kappa shape index (κ3) is 2.95. The van der Waals surface area contributed by atoms with E-state index in [1.54, 1.807) is 25.1 Å². The number of aromatic amines is 1. The average Bonchev–Trinajstić information content (AvgIpc) is 2.92. The lowest BCUT2D eigenvalue weighted by Crippen LogP contribution is -2.23. The summed E-state index contributed by atoms with van der Waals surface area (Å²) in [5, 5.41) is 4.78. The largest absolute Gasteiger partial charge is 0.369 e. The van der Waals surface area contributed by atoms with Gasteiger partial charge in [-0.15, -0.1) is 0 Å². The predicted octanol–water partition coefficient (Wildman–Crippen LogP) is 1.73. The molecule has 1 unspecified atom stereocenters. The third-order valence-electron chi connectivity index (χ3n) is 3.19. The Balaban J connectivity index is 2.15. The zero-order valence-corrected chi connectivity index (χ0v) is 13.6. The van der Waals surface area contributed by atoms with Crippen molar-refractivity contribution in [2.45, 2.75) is 17.3 Å². The Hall–Kier alpha value is -2.32. The fourth-order valence-electron chi connectivity index (χ4n) is 1.98. The normalized spacial score (nSPS) is 12.4. The molecule has 0 bridgehead atoms. The summed E-state index contributed by atoms with van der Waals surface area (Å²) in [5.74, 6) is -0.489. The van der Waals surface area contributed by atoms with Crippen LogP contribution in [0.25, 0.3) is 16.7 Å². The lowest BCUT2D eigenvalue weighted by Gasteiger charge is -2.07. The van der Waals surface area contributed by atoms with E-state index in [9.17, 15) is 9.59 Å². The van der Waals surface area contributed by atoms with E-state index >= 15 is 0 Å². The molecular formula is C14H12ClN5O2S. The maximum absolute atomic E-state index is 12.2. The number of H-pyrrole nitrogens is 1. The van der Waals surface area contributed by atoms with E-state index in [-0.39, 0.29) is 5.56 Å². The highest BCUT2D eigenvalue weighted by molar-refractivity contribution is 8.00. The van der Waals surface area contributed by atoms with Crippen molar-refractivity contribution in [1.82, 2.24) is 19.7 Å². The number of nitrogens with zero attached hydrogens (tertiary/aromatic N) is 3. The molecule has 0 saturated heterocycles. The Morgan fingerprint density at radius 3 is 2.87 bits per heavy atom. The molecule has 0 aliphatic rings. The Morgan fingerprint density at radius 2 is 2.17 bits per heavy atom. The molecule has 9 heteroatoms. The quantitative estimate of drug-likeness (QED) is 0.551. The second kappa shape index (κ2) is 6.05. The number of para-hydroxylation sites is 1. The molecule has 3 rings (SSSR count). The molecule has 1 atom stereocenters. The molecule has 1 amide bonds. The molecule has 23 heavy (non-hydrogen) atoms. The first-order chi connectivity index (χ1) is 11.0. The number of nitrogens with two attached hydrogens (primary N) is 1. The maximum atomic E-state index is 12.2. The molecular weight excluding hydrogens is 338 g/mol. The Bertz CT molecular complexity index is 952. The van der Waals surface area contributed by atoms with Crippen molar-refractivity contribution in [2.75, 3.05) is 0 Å². The van der Waals surface area contributed by atoms with Crippen LogP contribution < -0.4 is 11.3 Å². The van der Waals surface area contributed by atoms with Crippen LogP contribution in [0.1, 0.15) is 6.92 Å². The number of hydrogen-bond acceptors (Lipinski definition) is 5. The van der Waals surface area contributed by atoms with Gasteiger partial charge in [-0.2, -0.15) is 5.10 Å². The molecule has 0 fully saturated rings. The summed E-state index contributed by atoms with van der Waals surface area (Å²) in [6, 6.07) is 7.11. The van der Waals surface area contributed by atoms with Crippen LogP contribution in [0.15, 0.2) is 40.4 Å². The van der Waals surface area contributed by atoms with Crippen molar-refractivity contribution in [1.29, 1.82) is 0 Å². The monoisotopic (exact) mass is 349 g/mol. The van der Waals surface area contributed by atoms with E-state index < -0.39 is 11.2 Å². The average molecular weight is 350 g/mol. The molecule has 3 aromatic rings. The van der Waals surface area contributed by atoms with Crippen LogP contribution in [-0.4, -0.2) is 30.9 Å². The van der Waals surface area contributed by atoms with Crippen LogP contribution in [0.2, 0.25) is 5.02 Å². The molecule has 0 radical (unpaired) electrons. The highest BCUT2D eigenvalue weighted by Crippen LogP contribution is 2.24. The van der Waals surface area contributed by atoms with Crippen LogP contribution >= 0.6 is 23.4 Å². The molecule has 0 spiro atoms. The number of rotatable bonds is 4. The van der Waals surface area contributed by atoms with Gasteiger partial charge in [-0.05, 0) is 19.1 Å². The summed E-state index contributed by atoms with van der Waals surface area (Å²) in [6.45, 7) is 1.64. The topological polar surface area (TPSA) is 107 Å². The van der Waals surface area contributed by atoms with Gasteiger partial charge in [-0.3, -0.25) is 9.59 Å². The minimum atomic E-state index is -0.521. The number of carbonyl (C=O) groups excluding carboxylic acids is 1. The standard InChI is InChI=1S/C14H12ClN5O2S/c1-7(11(16)21)23-14-18-12-8(13(22)19-14)6-17-20(12)10-5-3-2-4-9(10)15/h2-7H,1H3,(H2,16,21)(H,18,19,22). The van der Waals surface area contributed by atoms with Gasteiger partial charge in [0.15, 0.2) is 10.8 Å². The van der Waals surface area contributed by atoms with Crippen molar-refractivity contribution in [3.05, 3.63) is 45.8 Å². The minimum Gasteiger partial charge on any atom is -0.369 e. The number of amides is 1. The van der Waals surface area contributed by atoms with Gasteiger partial charge in [0.2, 0.25) is 5.91 Å². The summed E-state index contributed by atoms with van der Waals surface area (Å²) in [4.78, 5) is 30.3. The van der Waals surface area contributed by atoms with E-state index in [0.717, 1.165) is 11.8 Å². The Kier molecular flexibility index (Phi) is 4.10. The first-order valence-corrected chi connectivity index (χ1v) is 7.92. The molecule has 1 aromatic carbocycles. The number of benzene rings is 1. The van der Waals surface area contributed by atoms with Crippen molar-refractivity contribution >= 4 is 40.3 Å². The SMILES string of the molecule is CC(Sc1nc2c(cnn2-c2ccccc2Cl)c(=O)[nH]1)C(N)=O.